The summed E-state index contributed by atoms with van der Waals surface area (Å²) in [6.07, 6.45) is 12.0. The normalized spacial score (nSPS) is 16.4. The summed E-state index contributed by atoms with van der Waals surface area (Å²) in [6, 6.07) is 16.9. The average molecular weight is 683 g/mol. The molecule has 2 aliphatic rings. The predicted octanol–water partition coefficient (Wildman–Crippen LogP) is 6.16. The summed E-state index contributed by atoms with van der Waals surface area (Å²) in [7, 11) is -3.04. The Bertz CT molecular complexity index is 1560. The van der Waals surface area contributed by atoms with E-state index in [1.165, 1.54) is 22.3 Å². The Labute approximate surface area is 284 Å². The molecular formula is C37H50N2O6S2. The van der Waals surface area contributed by atoms with Crippen molar-refractivity contribution in [1.29, 1.82) is 0 Å². The molecule has 256 valence electrons. The van der Waals surface area contributed by atoms with Crippen LogP contribution >= 0.6 is 11.8 Å². The van der Waals surface area contributed by atoms with Crippen LogP contribution in [0, 0.1) is 6.92 Å². The molecule has 1 heterocycles. The Balaban J connectivity index is 1.16. The van der Waals surface area contributed by atoms with Gasteiger partial charge in [0.25, 0.3) is 0 Å². The zero-order valence-electron chi connectivity index (χ0n) is 27.8. The molecule has 1 unspecified atom stereocenters. The van der Waals surface area contributed by atoms with Crippen LogP contribution in [0.25, 0.3) is 11.1 Å². The molecule has 0 aliphatic heterocycles. The maximum atomic E-state index is 11.8. The van der Waals surface area contributed by atoms with Crippen molar-refractivity contribution in [3.8, 4) is 16.9 Å². The SMILES string of the molecule is Cc1ccc(SCCCN(CCCCC(O)CO)CCS(C)(=O)=O)cc1COC1(c2cnccc2-c2ccccc2OC2CC2)CC1. The van der Waals surface area contributed by atoms with Crippen LogP contribution < -0.4 is 4.74 Å². The smallest absolute Gasteiger partial charge is 0.148 e. The fourth-order valence-electron chi connectivity index (χ4n) is 5.78. The van der Waals surface area contributed by atoms with Gasteiger partial charge >= 0.3 is 0 Å². The lowest BCUT2D eigenvalue weighted by Crippen LogP contribution is -2.31. The molecule has 0 radical (unpaired) electrons. The number of thioether (sulfide) groups is 1. The first-order valence-corrected chi connectivity index (χ1v) is 20.0. The second kappa shape index (κ2) is 16.8. The van der Waals surface area contributed by atoms with Gasteiger partial charge in [-0.05, 0) is 118 Å². The van der Waals surface area contributed by atoms with Gasteiger partial charge in [0.05, 0.1) is 36.8 Å². The Morgan fingerprint density at radius 1 is 1.04 bits per heavy atom. The van der Waals surface area contributed by atoms with Gasteiger partial charge in [-0.15, -0.1) is 11.8 Å². The number of aliphatic hydroxyl groups is 2. The first kappa shape index (κ1) is 35.8. The first-order valence-electron chi connectivity index (χ1n) is 16.9. The van der Waals surface area contributed by atoms with Crippen LogP contribution in [0.15, 0.2) is 65.8 Å². The molecule has 1 atom stereocenters. The van der Waals surface area contributed by atoms with E-state index in [1.54, 1.807) is 0 Å². The van der Waals surface area contributed by atoms with Crippen LogP contribution in [0.1, 0.15) is 68.1 Å². The number of ether oxygens (including phenoxy) is 2. The summed E-state index contributed by atoms with van der Waals surface area (Å²) in [5, 5.41) is 18.6. The van der Waals surface area contributed by atoms with Crippen LogP contribution in [0.2, 0.25) is 0 Å². The van der Waals surface area contributed by atoms with Gasteiger partial charge in [0, 0.05) is 41.2 Å². The fraction of sp³-hybridized carbons (Fsp3) is 0.541. The molecule has 1 aromatic heterocycles. The number of para-hydroxylation sites is 1. The molecule has 8 nitrogen and oxygen atoms in total. The number of hydrogen-bond donors (Lipinski definition) is 2. The van der Waals surface area contributed by atoms with Crippen molar-refractivity contribution in [2.45, 2.75) is 87.6 Å². The van der Waals surface area contributed by atoms with Crippen LogP contribution in [-0.4, -0.2) is 84.7 Å². The van der Waals surface area contributed by atoms with Crippen molar-refractivity contribution in [2.75, 3.05) is 44.0 Å². The summed E-state index contributed by atoms with van der Waals surface area (Å²) < 4.78 is 36.6. The zero-order valence-corrected chi connectivity index (χ0v) is 29.4. The Kier molecular flexibility index (Phi) is 12.8. The van der Waals surface area contributed by atoms with E-state index in [1.807, 2.05) is 30.2 Å². The summed E-state index contributed by atoms with van der Waals surface area (Å²) in [6.45, 7) is 4.55. The lowest BCUT2D eigenvalue weighted by molar-refractivity contribution is 0.0170. The number of unbranched alkanes of at least 4 members (excludes halogenated alkanes) is 1. The third-order valence-corrected chi connectivity index (χ3v) is 11.0. The van der Waals surface area contributed by atoms with Crippen molar-refractivity contribution >= 4 is 21.6 Å². The summed E-state index contributed by atoms with van der Waals surface area (Å²) in [5.41, 5.74) is 5.39. The number of aliphatic hydroxyl groups excluding tert-OH is 2. The molecular weight excluding hydrogens is 633 g/mol. The topological polar surface area (TPSA) is 109 Å². The van der Waals surface area contributed by atoms with Crippen LogP contribution in [0.3, 0.4) is 0 Å². The molecule has 5 rings (SSSR count). The van der Waals surface area contributed by atoms with Gasteiger partial charge < -0.3 is 24.6 Å². The van der Waals surface area contributed by atoms with Crippen molar-refractivity contribution < 1.29 is 28.1 Å². The molecule has 0 saturated heterocycles. The van der Waals surface area contributed by atoms with E-state index in [2.05, 4.69) is 59.3 Å². The van der Waals surface area contributed by atoms with Crippen LogP contribution in [0.5, 0.6) is 5.75 Å². The highest BCUT2D eigenvalue weighted by molar-refractivity contribution is 7.99. The number of pyridine rings is 1. The minimum Gasteiger partial charge on any atom is -0.490 e. The highest BCUT2D eigenvalue weighted by Crippen LogP contribution is 2.53. The molecule has 2 fully saturated rings. The van der Waals surface area contributed by atoms with Crippen molar-refractivity contribution in [2.24, 2.45) is 0 Å². The molecule has 10 heteroatoms. The Morgan fingerprint density at radius 2 is 1.83 bits per heavy atom. The van der Waals surface area contributed by atoms with E-state index in [-0.39, 0.29) is 18.0 Å². The third kappa shape index (κ3) is 11.0. The molecule has 0 bridgehead atoms. The van der Waals surface area contributed by atoms with Gasteiger partial charge in [-0.2, -0.15) is 0 Å². The first-order chi connectivity index (χ1) is 22.7. The van der Waals surface area contributed by atoms with Gasteiger partial charge in [-0.25, -0.2) is 8.42 Å². The number of sulfone groups is 1. The minimum absolute atomic E-state index is 0.142. The van der Waals surface area contributed by atoms with Gasteiger partial charge in [-0.3, -0.25) is 4.98 Å². The third-order valence-electron chi connectivity index (χ3n) is 8.97. The van der Waals surface area contributed by atoms with Crippen molar-refractivity contribution in [3.63, 3.8) is 0 Å². The molecule has 2 aliphatic carbocycles. The molecule has 47 heavy (non-hydrogen) atoms. The Morgan fingerprint density at radius 3 is 2.57 bits per heavy atom. The highest BCUT2D eigenvalue weighted by Gasteiger charge is 2.47. The lowest BCUT2D eigenvalue weighted by atomic mass is 9.96. The Hall–Kier alpha value is -2.47. The van der Waals surface area contributed by atoms with Gasteiger partial charge in [0.2, 0.25) is 0 Å². The number of aryl methyl sites for hydroxylation is 1. The molecule has 2 aromatic carbocycles. The van der Waals surface area contributed by atoms with Crippen LogP contribution in [0.4, 0.5) is 0 Å². The molecule has 0 amide bonds. The molecule has 2 saturated carbocycles. The summed E-state index contributed by atoms with van der Waals surface area (Å²) in [4.78, 5) is 7.91. The maximum Gasteiger partial charge on any atom is 0.148 e. The number of benzene rings is 2. The highest BCUT2D eigenvalue weighted by atomic mass is 32.2. The standard InChI is InChI=1S/C37H50N2O6S2/c1-28-11-14-32(46-22-7-20-39(21-23-47(2,42)43)19-6-5-8-30(41)26-40)24-29(28)27-44-37(16-17-37)35-25-38-18-15-33(35)34-9-3-4-10-36(34)45-31-12-13-31/h3-4,9-11,14-15,18,24-25,30-31,40-41H,5-8,12-13,16-17,19-23,26-27H2,1-2H3. The van der Waals surface area contributed by atoms with Gasteiger partial charge in [0.15, 0.2) is 0 Å². The maximum absolute atomic E-state index is 11.8. The number of rotatable bonds is 21. The molecule has 2 N–H and O–H groups in total. The van der Waals surface area contributed by atoms with E-state index in [0.29, 0.717) is 25.7 Å². The van der Waals surface area contributed by atoms with E-state index in [9.17, 15) is 13.5 Å². The molecule has 3 aromatic rings. The van der Waals surface area contributed by atoms with Gasteiger partial charge in [-0.1, -0.05) is 24.3 Å². The van der Waals surface area contributed by atoms with E-state index in [4.69, 9.17) is 14.6 Å². The minimum atomic E-state index is -3.04. The van der Waals surface area contributed by atoms with Crippen molar-refractivity contribution in [1.82, 2.24) is 9.88 Å². The van der Waals surface area contributed by atoms with Crippen molar-refractivity contribution in [3.05, 3.63) is 77.6 Å². The number of hydrogen-bond acceptors (Lipinski definition) is 9. The second-order valence-electron chi connectivity index (χ2n) is 13.1. The average Bonchev–Trinajstić information content (AvgIpc) is 4.01. The zero-order chi connectivity index (χ0) is 33.3. The lowest BCUT2D eigenvalue weighted by Gasteiger charge is -2.22. The number of nitrogens with zero attached hydrogens (tertiary/aromatic N) is 2. The van der Waals surface area contributed by atoms with E-state index >= 15 is 0 Å². The monoisotopic (exact) mass is 682 g/mol. The second-order valence-corrected chi connectivity index (χ2v) is 16.5. The predicted molar refractivity (Wildman–Crippen MR) is 189 cm³/mol. The largest absolute Gasteiger partial charge is 0.490 e. The number of aromatic nitrogens is 1. The fourth-order valence-corrected chi connectivity index (χ4v) is 7.27. The van der Waals surface area contributed by atoms with Gasteiger partial charge in [0.1, 0.15) is 15.6 Å². The summed E-state index contributed by atoms with van der Waals surface area (Å²) >= 11 is 1.82. The quantitative estimate of drug-likeness (QED) is 0.101. The van der Waals surface area contributed by atoms with E-state index in [0.717, 1.165) is 86.2 Å². The summed E-state index contributed by atoms with van der Waals surface area (Å²) in [5.74, 6) is 1.99. The molecule has 0 spiro atoms. The van der Waals surface area contributed by atoms with E-state index < -0.39 is 15.9 Å². The van der Waals surface area contributed by atoms with Crippen LogP contribution in [-0.2, 0) is 26.8 Å².